The second-order valence-electron chi connectivity index (χ2n) is 7.82. The summed E-state index contributed by atoms with van der Waals surface area (Å²) in [6, 6.07) is 16.2. The molecule has 3 aromatic heterocycles. The van der Waals surface area contributed by atoms with Crippen molar-refractivity contribution in [2.75, 3.05) is 25.0 Å². The molecule has 0 fully saturated rings. The first kappa shape index (κ1) is 22.3. The molecular weight excluding hydrogens is 416 g/mol. The number of benzene rings is 1. The molecule has 0 aliphatic rings. The number of rotatable bonds is 9. The number of aromatic nitrogens is 6. The monoisotopic (exact) mass is 446 g/mol. The Labute approximate surface area is 193 Å². The highest BCUT2D eigenvalue weighted by Crippen LogP contribution is 2.10. The van der Waals surface area contributed by atoms with E-state index in [9.17, 15) is 0 Å². The lowest BCUT2D eigenvalue weighted by atomic mass is 10.3. The minimum atomic E-state index is 0.428. The Morgan fingerprint density at radius 1 is 0.970 bits per heavy atom. The van der Waals surface area contributed by atoms with Crippen LogP contribution in [0.4, 0.5) is 5.69 Å². The van der Waals surface area contributed by atoms with Gasteiger partial charge in [0.25, 0.3) is 0 Å². The van der Waals surface area contributed by atoms with Crippen molar-refractivity contribution in [3.63, 3.8) is 0 Å². The van der Waals surface area contributed by atoms with E-state index in [0.717, 1.165) is 42.6 Å². The van der Waals surface area contributed by atoms with E-state index in [1.807, 2.05) is 53.4 Å². The van der Waals surface area contributed by atoms with Gasteiger partial charge >= 0.3 is 0 Å². The molecule has 10 heteroatoms. The molecule has 10 nitrogen and oxygen atoms in total. The smallest absolute Gasteiger partial charge is 0.192 e. The third-order valence-corrected chi connectivity index (χ3v) is 5.52. The third kappa shape index (κ3) is 5.65. The number of para-hydroxylation sites is 1. The van der Waals surface area contributed by atoms with Crippen molar-refractivity contribution in [2.24, 2.45) is 12.0 Å². The second-order valence-corrected chi connectivity index (χ2v) is 7.82. The lowest BCUT2D eigenvalue weighted by Gasteiger charge is -2.19. The van der Waals surface area contributed by atoms with Crippen LogP contribution in [-0.2, 0) is 20.1 Å². The lowest BCUT2D eigenvalue weighted by molar-refractivity contribution is 0.707. The molecular formula is C23H30N10. The fraction of sp³-hybridized carbons (Fsp3) is 0.348. The van der Waals surface area contributed by atoms with Gasteiger partial charge in [0.2, 0.25) is 0 Å². The topological polar surface area (TPSA) is 101 Å². The standard InChI is InChI=1S/C23H30N10/c1-18-27-29-21(32(18)3)16-25-23(24-13-9-14-31(2)19-10-5-4-6-11-19)26-17-22-30-28-20-12-7-8-15-33(20)22/h4-8,10-12,15H,9,13-14,16-17H2,1-3H3,(H2,24,25,26). The number of fused-ring (bicyclic) bond motifs is 1. The van der Waals surface area contributed by atoms with Crippen LogP contribution in [0.5, 0.6) is 0 Å². The van der Waals surface area contributed by atoms with Gasteiger partial charge in [0.05, 0.1) is 6.54 Å². The van der Waals surface area contributed by atoms with Gasteiger partial charge < -0.3 is 20.1 Å². The Kier molecular flexibility index (Phi) is 7.13. The van der Waals surface area contributed by atoms with Crippen molar-refractivity contribution in [3.05, 3.63) is 72.2 Å². The van der Waals surface area contributed by atoms with Crippen LogP contribution in [-0.4, -0.2) is 55.5 Å². The van der Waals surface area contributed by atoms with E-state index in [2.05, 4.69) is 67.2 Å². The summed E-state index contributed by atoms with van der Waals surface area (Å²) in [7, 11) is 4.05. The van der Waals surface area contributed by atoms with Crippen molar-refractivity contribution in [1.82, 2.24) is 40.0 Å². The van der Waals surface area contributed by atoms with Crippen LogP contribution in [0.3, 0.4) is 0 Å². The molecule has 0 unspecified atom stereocenters. The number of guanidine groups is 1. The normalized spacial score (nSPS) is 11.7. The van der Waals surface area contributed by atoms with E-state index in [1.54, 1.807) is 0 Å². The minimum Gasteiger partial charge on any atom is -0.375 e. The van der Waals surface area contributed by atoms with Gasteiger partial charge in [-0.3, -0.25) is 4.40 Å². The molecule has 0 atom stereocenters. The molecule has 0 saturated heterocycles. The quantitative estimate of drug-likeness (QED) is 0.230. The summed E-state index contributed by atoms with van der Waals surface area (Å²) in [5, 5.41) is 23.6. The molecule has 4 rings (SSSR count). The van der Waals surface area contributed by atoms with Gasteiger partial charge in [-0.1, -0.05) is 24.3 Å². The van der Waals surface area contributed by atoms with Gasteiger partial charge in [0.1, 0.15) is 12.4 Å². The number of anilines is 1. The van der Waals surface area contributed by atoms with E-state index in [1.165, 1.54) is 5.69 Å². The first-order valence-electron chi connectivity index (χ1n) is 11.0. The van der Waals surface area contributed by atoms with E-state index in [0.29, 0.717) is 19.0 Å². The molecule has 4 aromatic rings. The summed E-state index contributed by atoms with van der Waals surface area (Å²) < 4.78 is 3.91. The fourth-order valence-corrected chi connectivity index (χ4v) is 3.42. The molecule has 0 aliphatic carbocycles. The maximum atomic E-state index is 4.72. The number of aliphatic imine (C=N–C) groups is 1. The maximum Gasteiger partial charge on any atom is 0.192 e. The zero-order valence-electron chi connectivity index (χ0n) is 19.3. The molecule has 0 spiro atoms. The number of pyridine rings is 1. The number of hydrogen-bond donors (Lipinski definition) is 2. The van der Waals surface area contributed by atoms with Crippen molar-refractivity contribution in [2.45, 2.75) is 26.4 Å². The number of aryl methyl sites for hydroxylation is 1. The lowest BCUT2D eigenvalue weighted by Crippen LogP contribution is -2.38. The summed E-state index contributed by atoms with van der Waals surface area (Å²) >= 11 is 0. The minimum absolute atomic E-state index is 0.428. The predicted octanol–water partition coefficient (Wildman–Crippen LogP) is 1.93. The summed E-state index contributed by atoms with van der Waals surface area (Å²) in [5.74, 6) is 3.19. The zero-order chi connectivity index (χ0) is 23.0. The van der Waals surface area contributed by atoms with Gasteiger partial charge in [0.15, 0.2) is 23.3 Å². The highest BCUT2D eigenvalue weighted by atomic mass is 15.3. The first-order valence-corrected chi connectivity index (χ1v) is 11.0. The van der Waals surface area contributed by atoms with Crippen LogP contribution in [0, 0.1) is 6.92 Å². The SMILES string of the molecule is Cc1nnc(CN=C(NCCCN(C)c2ccccc2)NCc2nnc3ccccn23)n1C. The molecule has 2 N–H and O–H groups in total. The largest absolute Gasteiger partial charge is 0.375 e. The van der Waals surface area contributed by atoms with Gasteiger partial charge in [-0.05, 0) is 37.6 Å². The van der Waals surface area contributed by atoms with E-state index >= 15 is 0 Å². The Hall–Kier alpha value is -3.95. The Balaban J connectivity index is 1.37. The molecule has 0 radical (unpaired) electrons. The van der Waals surface area contributed by atoms with E-state index in [4.69, 9.17) is 4.99 Å². The summed E-state index contributed by atoms with van der Waals surface area (Å²) in [6.07, 6.45) is 2.92. The number of hydrogen-bond acceptors (Lipinski definition) is 6. The molecule has 172 valence electrons. The summed E-state index contributed by atoms with van der Waals surface area (Å²) in [6.45, 7) is 4.57. The Morgan fingerprint density at radius 3 is 2.55 bits per heavy atom. The van der Waals surface area contributed by atoms with Crippen LogP contribution in [0.25, 0.3) is 5.65 Å². The number of nitrogens with zero attached hydrogens (tertiary/aromatic N) is 8. The molecule has 0 bridgehead atoms. The van der Waals surface area contributed by atoms with E-state index < -0.39 is 0 Å². The van der Waals surface area contributed by atoms with Crippen molar-refractivity contribution >= 4 is 17.3 Å². The van der Waals surface area contributed by atoms with Gasteiger partial charge in [-0.15, -0.1) is 20.4 Å². The van der Waals surface area contributed by atoms with Crippen LogP contribution >= 0.6 is 0 Å². The van der Waals surface area contributed by atoms with Gasteiger partial charge in [-0.2, -0.15) is 0 Å². The molecule has 1 aromatic carbocycles. The molecule has 3 heterocycles. The van der Waals surface area contributed by atoms with Crippen LogP contribution in [0.15, 0.2) is 59.7 Å². The Bertz CT molecular complexity index is 1190. The van der Waals surface area contributed by atoms with Crippen LogP contribution in [0.2, 0.25) is 0 Å². The van der Waals surface area contributed by atoms with Crippen molar-refractivity contribution in [3.8, 4) is 0 Å². The second kappa shape index (κ2) is 10.6. The molecule has 33 heavy (non-hydrogen) atoms. The molecule has 0 amide bonds. The highest BCUT2D eigenvalue weighted by molar-refractivity contribution is 5.79. The third-order valence-electron chi connectivity index (χ3n) is 5.52. The van der Waals surface area contributed by atoms with Gasteiger partial charge in [0, 0.05) is 39.1 Å². The molecule has 0 saturated carbocycles. The predicted molar refractivity (Wildman–Crippen MR) is 129 cm³/mol. The average Bonchev–Trinajstić information content (AvgIpc) is 3.41. The van der Waals surface area contributed by atoms with Crippen molar-refractivity contribution in [1.29, 1.82) is 0 Å². The van der Waals surface area contributed by atoms with Crippen LogP contribution < -0.4 is 15.5 Å². The Morgan fingerprint density at radius 2 is 1.76 bits per heavy atom. The average molecular weight is 447 g/mol. The summed E-state index contributed by atoms with van der Waals surface area (Å²) in [5.41, 5.74) is 2.03. The van der Waals surface area contributed by atoms with Crippen molar-refractivity contribution < 1.29 is 0 Å². The zero-order valence-corrected chi connectivity index (χ0v) is 19.3. The van der Waals surface area contributed by atoms with E-state index in [-0.39, 0.29) is 0 Å². The van der Waals surface area contributed by atoms with Gasteiger partial charge in [-0.25, -0.2) is 4.99 Å². The highest BCUT2D eigenvalue weighted by Gasteiger charge is 2.08. The first-order chi connectivity index (χ1) is 16.1. The maximum absolute atomic E-state index is 4.72. The summed E-state index contributed by atoms with van der Waals surface area (Å²) in [4.78, 5) is 6.97. The van der Waals surface area contributed by atoms with Crippen LogP contribution in [0.1, 0.15) is 23.9 Å². The number of nitrogens with one attached hydrogen (secondary N) is 2. The fourth-order valence-electron chi connectivity index (χ4n) is 3.42. The molecule has 0 aliphatic heterocycles.